The van der Waals surface area contributed by atoms with Gasteiger partial charge in [-0.2, -0.15) is 0 Å². The molecule has 30 heavy (non-hydrogen) atoms. The molecule has 1 aliphatic carbocycles. The van der Waals surface area contributed by atoms with Crippen LogP contribution in [0.15, 0.2) is 41.7 Å². The highest BCUT2D eigenvalue weighted by Gasteiger charge is 2.40. The zero-order valence-corrected chi connectivity index (χ0v) is 20.4. The van der Waals surface area contributed by atoms with Gasteiger partial charge in [0.2, 0.25) is 0 Å². The van der Waals surface area contributed by atoms with Crippen LogP contribution >= 0.6 is 0 Å². The summed E-state index contributed by atoms with van der Waals surface area (Å²) in [4.78, 5) is 28.1. The summed E-state index contributed by atoms with van der Waals surface area (Å²) in [6.07, 6.45) is 4.99. The molecule has 1 heterocycles. The highest BCUT2D eigenvalue weighted by Crippen LogP contribution is 2.38. The van der Waals surface area contributed by atoms with Crippen molar-refractivity contribution < 1.29 is 14.3 Å². The fourth-order valence-corrected chi connectivity index (χ4v) is 6.34. The predicted molar refractivity (Wildman–Crippen MR) is 124 cm³/mol. The summed E-state index contributed by atoms with van der Waals surface area (Å²) >= 11 is 0. The van der Waals surface area contributed by atoms with E-state index in [4.69, 9.17) is 4.74 Å². The molecule has 1 amide bonds. The lowest BCUT2D eigenvalue weighted by Gasteiger charge is -2.40. The third-order valence-electron chi connectivity index (χ3n) is 6.70. The number of ether oxygens (including phenoxy) is 1. The van der Waals surface area contributed by atoms with Gasteiger partial charge in [-0.3, -0.25) is 9.69 Å². The maximum absolute atomic E-state index is 13.5. The van der Waals surface area contributed by atoms with Gasteiger partial charge in [-0.25, -0.2) is 4.79 Å². The molecule has 4 atom stereocenters. The van der Waals surface area contributed by atoms with Gasteiger partial charge in [0.25, 0.3) is 0 Å². The number of hydrogen-bond donors (Lipinski definition) is 0. The minimum absolute atomic E-state index is 0.0565. The van der Waals surface area contributed by atoms with Crippen molar-refractivity contribution in [3.8, 4) is 0 Å². The van der Waals surface area contributed by atoms with Gasteiger partial charge in [0, 0.05) is 12.6 Å². The first-order valence-corrected chi connectivity index (χ1v) is 14.9. The van der Waals surface area contributed by atoms with Crippen LogP contribution in [0.25, 0.3) is 0 Å². The Labute approximate surface area is 182 Å². The van der Waals surface area contributed by atoms with Crippen molar-refractivity contribution >= 4 is 20.0 Å². The van der Waals surface area contributed by atoms with Gasteiger partial charge in [0.15, 0.2) is 5.78 Å². The first-order valence-electron chi connectivity index (χ1n) is 11.4. The first kappa shape index (κ1) is 22.8. The molecule has 0 radical (unpaired) electrons. The lowest BCUT2D eigenvalue weighted by Crippen LogP contribution is -2.44. The van der Waals surface area contributed by atoms with E-state index >= 15 is 0 Å². The quantitative estimate of drug-likeness (QED) is 0.525. The zero-order chi connectivity index (χ0) is 22.1. The van der Waals surface area contributed by atoms with Crippen LogP contribution in [0.4, 0.5) is 4.79 Å². The first-order chi connectivity index (χ1) is 14.1. The van der Waals surface area contributed by atoms with E-state index in [-0.39, 0.29) is 24.0 Å². The molecule has 1 aromatic rings. The van der Waals surface area contributed by atoms with Crippen molar-refractivity contribution in [2.75, 3.05) is 0 Å². The lowest BCUT2D eigenvalue weighted by atomic mass is 9.75. The molecule has 0 aromatic heterocycles. The Morgan fingerprint density at radius 2 is 1.80 bits per heavy atom. The number of benzene rings is 1. The molecule has 1 aromatic carbocycles. The highest BCUT2D eigenvalue weighted by atomic mass is 28.3. The van der Waals surface area contributed by atoms with Crippen LogP contribution < -0.4 is 0 Å². The van der Waals surface area contributed by atoms with Gasteiger partial charge in [-0.1, -0.05) is 77.2 Å². The predicted octanol–water partition coefficient (Wildman–Crippen LogP) is 6.36. The Balaban J connectivity index is 1.92. The van der Waals surface area contributed by atoms with Gasteiger partial charge in [-0.15, -0.1) is 0 Å². The number of nitrogens with zero attached hydrogens (tertiary/aromatic N) is 1. The zero-order valence-electron chi connectivity index (χ0n) is 19.4. The summed E-state index contributed by atoms with van der Waals surface area (Å²) in [5, 5.41) is 0.823. The fourth-order valence-electron chi connectivity index (χ4n) is 4.87. The van der Waals surface area contributed by atoms with Crippen LogP contribution in [-0.4, -0.2) is 31.0 Å². The minimum Gasteiger partial charge on any atom is -0.446 e. The van der Waals surface area contributed by atoms with E-state index in [0.717, 1.165) is 23.6 Å². The van der Waals surface area contributed by atoms with Crippen LogP contribution in [0.1, 0.15) is 58.1 Å². The van der Waals surface area contributed by atoms with Crippen molar-refractivity contribution in [2.24, 2.45) is 17.8 Å². The smallest absolute Gasteiger partial charge is 0.414 e. The molecule has 3 rings (SSSR count). The number of carbonyl (C=O) groups excluding carboxylic acids is 2. The normalized spacial score (nSPS) is 27.8. The molecule has 2 aliphatic rings. The van der Waals surface area contributed by atoms with E-state index in [2.05, 4.69) is 40.4 Å². The number of Topliss-reactive ketones (excluding diaryl/α,β-unsaturated/α-hetero) is 1. The van der Waals surface area contributed by atoms with Crippen LogP contribution in [0.2, 0.25) is 19.6 Å². The maximum Gasteiger partial charge on any atom is 0.414 e. The lowest BCUT2D eigenvalue weighted by molar-refractivity contribution is -0.116. The molecular weight excluding hydrogens is 390 g/mol. The number of allylic oxidation sites excluding steroid dienone is 1. The average molecular weight is 428 g/mol. The molecule has 5 heteroatoms. The van der Waals surface area contributed by atoms with Crippen molar-refractivity contribution in [2.45, 2.75) is 78.2 Å². The number of ketones is 1. The standard InChI is InChI=1S/C25H37NO3Si/c1-17(2)20-13-12-18(3)14-23(20)29-25(28)26-16-24(30(4,5)6)22(27)15-21(26)19-10-8-7-9-11-19/h7-11,16-18,20-21,23H,12-15H2,1-6H3/t18-,20+,21+,23-/m1/s1. The van der Waals surface area contributed by atoms with Crippen LogP contribution in [-0.2, 0) is 9.53 Å². The topological polar surface area (TPSA) is 46.6 Å². The number of carbonyl (C=O) groups is 2. The van der Waals surface area contributed by atoms with Gasteiger partial charge < -0.3 is 4.74 Å². The molecule has 1 saturated carbocycles. The SMILES string of the molecule is CC(C)[C@@H]1CC[C@@H](C)C[C@H]1OC(=O)N1C=C([Si](C)(C)C)C(=O)C[C@H]1c1ccccc1. The van der Waals surface area contributed by atoms with Gasteiger partial charge in [-0.05, 0) is 41.4 Å². The third-order valence-corrected chi connectivity index (χ3v) is 8.72. The molecule has 0 N–H and O–H groups in total. The Kier molecular flexibility index (Phi) is 6.90. The van der Waals surface area contributed by atoms with Gasteiger partial charge >= 0.3 is 6.09 Å². The van der Waals surface area contributed by atoms with Crippen molar-refractivity contribution in [3.63, 3.8) is 0 Å². The molecule has 0 spiro atoms. The number of amides is 1. The third kappa shape index (κ3) is 5.05. The van der Waals surface area contributed by atoms with E-state index in [1.807, 2.05) is 36.5 Å². The maximum atomic E-state index is 13.5. The van der Waals surface area contributed by atoms with Crippen molar-refractivity contribution in [1.82, 2.24) is 4.90 Å². The molecule has 4 nitrogen and oxygen atoms in total. The van der Waals surface area contributed by atoms with Gasteiger partial charge in [0.05, 0.1) is 14.1 Å². The van der Waals surface area contributed by atoms with E-state index in [1.165, 1.54) is 6.42 Å². The van der Waals surface area contributed by atoms with Crippen molar-refractivity contribution in [1.29, 1.82) is 0 Å². The van der Waals surface area contributed by atoms with Crippen LogP contribution in [0.3, 0.4) is 0 Å². The summed E-state index contributed by atoms with van der Waals surface area (Å²) in [5.74, 6) is 1.61. The molecule has 0 unspecified atom stereocenters. The van der Waals surface area contributed by atoms with Crippen LogP contribution in [0.5, 0.6) is 0 Å². The summed E-state index contributed by atoms with van der Waals surface area (Å²) in [6, 6.07) is 9.55. The average Bonchev–Trinajstić information content (AvgIpc) is 2.67. The van der Waals surface area contributed by atoms with E-state index in [9.17, 15) is 9.59 Å². The fraction of sp³-hybridized carbons (Fsp3) is 0.600. The summed E-state index contributed by atoms with van der Waals surface area (Å²) in [7, 11) is -1.87. The monoisotopic (exact) mass is 427 g/mol. The second-order valence-corrected chi connectivity index (χ2v) is 15.5. The Morgan fingerprint density at radius 3 is 2.40 bits per heavy atom. The molecule has 164 valence electrons. The Morgan fingerprint density at radius 1 is 1.13 bits per heavy atom. The number of rotatable bonds is 4. The number of hydrogen-bond acceptors (Lipinski definition) is 3. The molecule has 1 aliphatic heterocycles. The summed E-state index contributed by atoms with van der Waals surface area (Å²) in [6.45, 7) is 13.1. The van der Waals surface area contributed by atoms with E-state index in [0.29, 0.717) is 24.2 Å². The summed E-state index contributed by atoms with van der Waals surface area (Å²) < 4.78 is 6.17. The molecule has 0 bridgehead atoms. The minimum atomic E-state index is -1.87. The van der Waals surface area contributed by atoms with Crippen molar-refractivity contribution in [3.05, 3.63) is 47.3 Å². The van der Waals surface area contributed by atoms with Crippen LogP contribution in [0, 0.1) is 17.8 Å². The summed E-state index contributed by atoms with van der Waals surface area (Å²) in [5.41, 5.74) is 0.978. The Hall–Kier alpha value is -1.88. The molecule has 1 fully saturated rings. The van der Waals surface area contributed by atoms with E-state index < -0.39 is 8.07 Å². The largest absolute Gasteiger partial charge is 0.446 e. The Bertz CT molecular complexity index is 796. The van der Waals surface area contributed by atoms with Gasteiger partial charge in [0.1, 0.15) is 6.10 Å². The highest BCUT2D eigenvalue weighted by molar-refractivity contribution is 6.87. The second-order valence-electron chi connectivity index (χ2n) is 10.5. The molecule has 0 saturated heterocycles. The van der Waals surface area contributed by atoms with E-state index in [1.54, 1.807) is 4.90 Å². The molecular formula is C25H37NO3Si. The second kappa shape index (κ2) is 9.09.